The van der Waals surface area contributed by atoms with Crippen LogP contribution < -0.4 is 15.7 Å². The van der Waals surface area contributed by atoms with Gasteiger partial charge in [-0.3, -0.25) is 0 Å². The molecule has 0 fully saturated rings. The molecule has 13 rings (SSSR count). The monoisotopic (exact) mass is 796 g/mol. The molecule has 59 heavy (non-hydrogen) atoms. The number of nitrogens with zero attached hydrogens (tertiary/aromatic N) is 2. The normalized spacial score (nSPS) is 16.5. The molecule has 5 heterocycles. The van der Waals surface area contributed by atoms with Crippen LogP contribution >= 0.6 is 22.7 Å². The summed E-state index contributed by atoms with van der Waals surface area (Å²) in [7, 11) is 0. The molecule has 0 radical (unpaired) electrons. The second-order valence-electron chi connectivity index (χ2n) is 20.0. The minimum atomic E-state index is -0.0173. The number of aromatic nitrogens is 1. The Morgan fingerprint density at radius 1 is 0.542 bits per heavy atom. The van der Waals surface area contributed by atoms with E-state index in [1.165, 1.54) is 131 Å². The third-order valence-electron chi connectivity index (χ3n) is 14.6. The first-order valence-corrected chi connectivity index (χ1v) is 23.0. The zero-order valence-electron chi connectivity index (χ0n) is 34.7. The molecule has 0 saturated carbocycles. The van der Waals surface area contributed by atoms with Crippen molar-refractivity contribution in [2.75, 3.05) is 4.81 Å². The van der Waals surface area contributed by atoms with Crippen LogP contribution in [0.3, 0.4) is 0 Å². The lowest BCUT2D eigenvalue weighted by atomic mass is 9.43. The van der Waals surface area contributed by atoms with Crippen molar-refractivity contribution in [3.8, 4) is 16.8 Å². The van der Waals surface area contributed by atoms with Gasteiger partial charge in [-0.15, -0.1) is 22.7 Å². The fourth-order valence-corrected chi connectivity index (χ4v) is 13.5. The van der Waals surface area contributed by atoms with Crippen molar-refractivity contribution in [1.82, 2.24) is 4.57 Å². The van der Waals surface area contributed by atoms with Crippen LogP contribution in [0.15, 0.2) is 121 Å². The number of hydrogen-bond donors (Lipinski definition) is 0. The molecule has 0 saturated heterocycles. The van der Waals surface area contributed by atoms with E-state index in [2.05, 4.69) is 179 Å². The Labute approximate surface area is 353 Å². The highest BCUT2D eigenvalue weighted by Crippen LogP contribution is 2.53. The van der Waals surface area contributed by atoms with Crippen LogP contribution in [0.1, 0.15) is 78.0 Å². The SMILES string of the molecule is CC(C)(C)c1ccc(N2B3c4cc5c(cc4-n4c6cc7sc8ccccc8c7cc6c6ccc(c3c64)-c3cc4c(cc32)C(C)(C)CCC4(C)C)sc2ccccc25)cc1. The highest BCUT2D eigenvalue weighted by Gasteiger charge is 2.46. The number of benzene rings is 7. The molecule has 0 atom stereocenters. The van der Waals surface area contributed by atoms with Gasteiger partial charge < -0.3 is 9.38 Å². The standard InChI is InChI=1S/C54H45BN2S2/c1-52(2,3)30-16-18-31(19-17-30)57-44-27-41-40(53(4,5)22-23-54(41,6)7)25-37(44)34-20-21-35-36-24-38-32-12-8-10-14-46(32)58-48(38)28-43(36)56-45-29-49-39(33-13-9-11-15-47(33)59-49)26-42(45)55(57)50(34)51(35)56/h8-21,24-29H,22-23H2,1-7H3. The summed E-state index contributed by atoms with van der Waals surface area (Å²) in [6.45, 7) is 16.8. The minimum Gasteiger partial charge on any atom is -0.376 e. The summed E-state index contributed by atoms with van der Waals surface area (Å²) in [6, 6.07) is 47.8. The maximum atomic E-state index is 2.74. The molecule has 5 heteroatoms. The van der Waals surface area contributed by atoms with Crippen molar-refractivity contribution < 1.29 is 0 Å². The molecule has 1 aliphatic carbocycles. The fraction of sp³-hybridized carbons (Fsp3) is 0.222. The van der Waals surface area contributed by atoms with E-state index in [0.29, 0.717) is 0 Å². The highest BCUT2D eigenvalue weighted by molar-refractivity contribution is 7.26. The Balaban J connectivity index is 1.21. The number of rotatable bonds is 1. The van der Waals surface area contributed by atoms with Gasteiger partial charge in [0.05, 0.1) is 11.0 Å². The second kappa shape index (κ2) is 11.3. The maximum Gasteiger partial charge on any atom is 0.333 e. The van der Waals surface area contributed by atoms with Gasteiger partial charge in [-0.1, -0.05) is 115 Å². The first-order valence-electron chi connectivity index (χ1n) is 21.3. The Morgan fingerprint density at radius 2 is 1.17 bits per heavy atom. The predicted molar refractivity (Wildman–Crippen MR) is 260 cm³/mol. The number of fused-ring (bicyclic) bond motifs is 15. The molecule has 0 spiro atoms. The smallest absolute Gasteiger partial charge is 0.333 e. The molecule has 3 aromatic heterocycles. The van der Waals surface area contributed by atoms with E-state index in [1.807, 2.05) is 22.7 Å². The second-order valence-corrected chi connectivity index (χ2v) is 22.1. The largest absolute Gasteiger partial charge is 0.376 e. The molecule has 2 nitrogen and oxygen atoms in total. The van der Waals surface area contributed by atoms with Gasteiger partial charge in [-0.25, -0.2) is 0 Å². The van der Waals surface area contributed by atoms with E-state index in [9.17, 15) is 0 Å². The molecule has 3 aliphatic rings. The van der Waals surface area contributed by atoms with Crippen molar-refractivity contribution in [2.24, 2.45) is 0 Å². The zero-order chi connectivity index (χ0) is 39.9. The molecule has 7 aromatic carbocycles. The van der Waals surface area contributed by atoms with E-state index in [1.54, 1.807) is 0 Å². The molecule has 0 unspecified atom stereocenters. The van der Waals surface area contributed by atoms with Crippen LogP contribution in [-0.2, 0) is 16.2 Å². The van der Waals surface area contributed by atoms with Crippen molar-refractivity contribution in [2.45, 2.75) is 77.6 Å². The third kappa shape index (κ3) is 4.53. The summed E-state index contributed by atoms with van der Waals surface area (Å²) < 4.78 is 8.05. The fourth-order valence-electron chi connectivity index (χ4n) is 11.3. The average Bonchev–Trinajstić information content (AvgIpc) is 3.88. The van der Waals surface area contributed by atoms with Crippen molar-refractivity contribution in [3.63, 3.8) is 0 Å². The van der Waals surface area contributed by atoms with E-state index in [0.717, 1.165) is 0 Å². The predicted octanol–water partition coefficient (Wildman–Crippen LogP) is 14.4. The molecular formula is C54H45BN2S2. The topological polar surface area (TPSA) is 8.17 Å². The van der Waals surface area contributed by atoms with Crippen LogP contribution in [0.2, 0.25) is 0 Å². The summed E-state index contributed by atoms with van der Waals surface area (Å²) in [5.74, 6) is 0. The summed E-state index contributed by atoms with van der Waals surface area (Å²) in [4.78, 5) is 2.74. The lowest BCUT2D eigenvalue weighted by Gasteiger charge is -2.46. The number of anilines is 2. The summed E-state index contributed by atoms with van der Waals surface area (Å²) in [5.41, 5.74) is 16.7. The molecule has 10 aromatic rings. The van der Waals surface area contributed by atoms with Gasteiger partial charge in [0.25, 0.3) is 0 Å². The molecule has 0 bridgehead atoms. The summed E-state index contributed by atoms with van der Waals surface area (Å²) in [5, 5.41) is 8.08. The lowest BCUT2D eigenvalue weighted by molar-refractivity contribution is 0.332. The van der Waals surface area contributed by atoms with Crippen LogP contribution in [0.5, 0.6) is 0 Å². The molecule has 0 N–H and O–H groups in total. The van der Waals surface area contributed by atoms with Gasteiger partial charge in [0.15, 0.2) is 0 Å². The lowest BCUT2D eigenvalue weighted by Crippen LogP contribution is -2.60. The van der Waals surface area contributed by atoms with Gasteiger partial charge in [-0.05, 0) is 117 Å². The Hall–Kier alpha value is -5.36. The molecule has 0 amide bonds. The highest BCUT2D eigenvalue weighted by atomic mass is 32.1. The zero-order valence-corrected chi connectivity index (χ0v) is 36.4. The molecule has 2 aliphatic heterocycles. The summed E-state index contributed by atoms with van der Waals surface area (Å²) >= 11 is 3.84. The van der Waals surface area contributed by atoms with Gasteiger partial charge >= 0.3 is 6.85 Å². The van der Waals surface area contributed by atoms with Crippen LogP contribution in [0.25, 0.3) is 79.0 Å². The Bertz CT molecular complexity index is 3500. The van der Waals surface area contributed by atoms with Gasteiger partial charge in [0.2, 0.25) is 0 Å². The van der Waals surface area contributed by atoms with Crippen molar-refractivity contribution in [3.05, 3.63) is 138 Å². The Morgan fingerprint density at radius 3 is 1.85 bits per heavy atom. The maximum absolute atomic E-state index is 2.74. The van der Waals surface area contributed by atoms with E-state index in [4.69, 9.17) is 0 Å². The first kappa shape index (κ1) is 34.5. The number of thiophene rings is 2. The van der Waals surface area contributed by atoms with Crippen LogP contribution in [0.4, 0.5) is 11.4 Å². The third-order valence-corrected chi connectivity index (χ3v) is 16.9. The molecule has 286 valence electrons. The van der Waals surface area contributed by atoms with Crippen molar-refractivity contribution >= 4 is 114 Å². The van der Waals surface area contributed by atoms with Gasteiger partial charge in [0.1, 0.15) is 0 Å². The first-order chi connectivity index (χ1) is 28.4. The summed E-state index contributed by atoms with van der Waals surface area (Å²) in [6.07, 6.45) is 2.38. The van der Waals surface area contributed by atoms with Crippen molar-refractivity contribution in [1.29, 1.82) is 0 Å². The van der Waals surface area contributed by atoms with Gasteiger partial charge in [0, 0.05) is 73.7 Å². The number of hydrogen-bond acceptors (Lipinski definition) is 3. The quantitative estimate of drug-likeness (QED) is 0.150. The Kier molecular flexibility index (Phi) is 6.59. The average molecular weight is 797 g/mol. The van der Waals surface area contributed by atoms with E-state index < -0.39 is 0 Å². The molecular weight excluding hydrogens is 752 g/mol. The minimum absolute atomic E-state index is 0.0173. The van der Waals surface area contributed by atoms with E-state index in [-0.39, 0.29) is 23.1 Å². The van der Waals surface area contributed by atoms with Crippen LogP contribution in [0, 0.1) is 0 Å². The van der Waals surface area contributed by atoms with E-state index >= 15 is 0 Å². The van der Waals surface area contributed by atoms with Gasteiger partial charge in [-0.2, -0.15) is 0 Å². The van der Waals surface area contributed by atoms with Crippen LogP contribution in [-0.4, -0.2) is 11.4 Å².